The van der Waals surface area contributed by atoms with Crippen LogP contribution < -0.4 is 11.3 Å². The van der Waals surface area contributed by atoms with Gasteiger partial charge in [0.2, 0.25) is 0 Å². The molecule has 0 aliphatic heterocycles. The molecule has 0 spiro atoms. The Morgan fingerprint density at radius 3 is 2.68 bits per heavy atom. The van der Waals surface area contributed by atoms with Gasteiger partial charge in [-0.15, -0.1) is 11.3 Å². The summed E-state index contributed by atoms with van der Waals surface area (Å²) in [6.07, 6.45) is 1.28. The van der Waals surface area contributed by atoms with Gasteiger partial charge in [0.05, 0.1) is 6.04 Å². The molecule has 1 unspecified atom stereocenters. The molecule has 102 valence electrons. The number of nitrogens with one attached hydrogen (secondary N) is 1. The Morgan fingerprint density at radius 2 is 2.05 bits per heavy atom. The lowest BCUT2D eigenvalue weighted by Crippen LogP contribution is -2.29. The molecular formula is C14H16F2N2S. The molecule has 0 fully saturated rings. The number of thiophene rings is 1. The number of halogens is 2. The summed E-state index contributed by atoms with van der Waals surface area (Å²) in [4.78, 5) is 2.28. The molecule has 3 N–H and O–H groups in total. The lowest BCUT2D eigenvalue weighted by Gasteiger charge is -2.14. The van der Waals surface area contributed by atoms with E-state index >= 15 is 0 Å². The summed E-state index contributed by atoms with van der Waals surface area (Å²) in [5.74, 6) is 4.69. The minimum absolute atomic E-state index is 0.207. The molecule has 1 heterocycles. The maximum absolute atomic E-state index is 13.6. The highest BCUT2D eigenvalue weighted by Gasteiger charge is 2.15. The Bertz CT molecular complexity index is 554. The summed E-state index contributed by atoms with van der Waals surface area (Å²) in [6.45, 7) is 2.08. The predicted octanol–water partition coefficient (Wildman–Crippen LogP) is 3.34. The fourth-order valence-electron chi connectivity index (χ4n) is 1.93. The number of nitrogens with two attached hydrogens (primary N) is 1. The van der Waals surface area contributed by atoms with Gasteiger partial charge in [-0.25, -0.2) is 8.78 Å². The van der Waals surface area contributed by atoms with Crippen LogP contribution >= 0.6 is 11.3 Å². The molecule has 2 aromatic rings. The molecule has 0 amide bonds. The van der Waals surface area contributed by atoms with Crippen molar-refractivity contribution in [1.82, 2.24) is 5.43 Å². The molecule has 0 bridgehead atoms. The van der Waals surface area contributed by atoms with Crippen molar-refractivity contribution in [1.29, 1.82) is 0 Å². The van der Waals surface area contributed by atoms with Crippen molar-refractivity contribution in [2.24, 2.45) is 5.84 Å². The van der Waals surface area contributed by atoms with Gasteiger partial charge in [-0.1, -0.05) is 6.92 Å². The number of aryl methyl sites for hydroxylation is 1. The van der Waals surface area contributed by atoms with Crippen molar-refractivity contribution < 1.29 is 8.78 Å². The fraction of sp³-hybridized carbons (Fsp3) is 0.286. The van der Waals surface area contributed by atoms with Crippen LogP contribution in [0.5, 0.6) is 0 Å². The van der Waals surface area contributed by atoms with Crippen molar-refractivity contribution in [2.75, 3.05) is 0 Å². The molecular weight excluding hydrogens is 266 g/mol. The average molecular weight is 282 g/mol. The second-order valence-electron chi connectivity index (χ2n) is 4.32. The van der Waals surface area contributed by atoms with Gasteiger partial charge < -0.3 is 0 Å². The molecule has 5 heteroatoms. The van der Waals surface area contributed by atoms with Gasteiger partial charge in [0.25, 0.3) is 0 Å². The number of rotatable bonds is 5. The van der Waals surface area contributed by atoms with Gasteiger partial charge in [0.15, 0.2) is 0 Å². The maximum Gasteiger partial charge on any atom is 0.126 e. The Hall–Kier alpha value is -1.30. The van der Waals surface area contributed by atoms with E-state index in [2.05, 4.69) is 12.3 Å². The van der Waals surface area contributed by atoms with Crippen LogP contribution in [0, 0.1) is 11.6 Å². The van der Waals surface area contributed by atoms with Gasteiger partial charge in [0, 0.05) is 9.75 Å². The van der Waals surface area contributed by atoms with Crippen LogP contribution in [0.1, 0.15) is 28.3 Å². The van der Waals surface area contributed by atoms with Crippen LogP contribution in [0.3, 0.4) is 0 Å². The van der Waals surface area contributed by atoms with E-state index in [1.165, 1.54) is 10.9 Å². The van der Waals surface area contributed by atoms with Crippen molar-refractivity contribution >= 4 is 11.3 Å². The smallest absolute Gasteiger partial charge is 0.126 e. The van der Waals surface area contributed by atoms with Crippen molar-refractivity contribution in [3.63, 3.8) is 0 Å². The molecule has 1 aromatic carbocycles. The predicted molar refractivity (Wildman–Crippen MR) is 73.8 cm³/mol. The molecule has 0 aliphatic carbocycles. The highest BCUT2D eigenvalue weighted by molar-refractivity contribution is 7.12. The third-order valence-corrected chi connectivity index (χ3v) is 4.35. The molecule has 1 atom stereocenters. The van der Waals surface area contributed by atoms with Crippen LogP contribution in [0.4, 0.5) is 8.78 Å². The third kappa shape index (κ3) is 3.37. The molecule has 2 nitrogen and oxygen atoms in total. The highest BCUT2D eigenvalue weighted by atomic mass is 32.1. The van der Waals surface area contributed by atoms with Gasteiger partial charge in [0.1, 0.15) is 11.6 Å². The lowest BCUT2D eigenvalue weighted by atomic mass is 10.0. The van der Waals surface area contributed by atoms with Crippen molar-refractivity contribution in [2.45, 2.75) is 25.8 Å². The standard InChI is InChI=1S/C14H16F2N2S/c1-2-11-4-6-14(19-11)13(18-17)8-9-7-10(15)3-5-12(9)16/h3-7,13,18H,2,8,17H2,1H3. The van der Waals surface area contributed by atoms with E-state index in [9.17, 15) is 8.78 Å². The van der Waals surface area contributed by atoms with Gasteiger partial charge in [-0.05, 0) is 48.7 Å². The van der Waals surface area contributed by atoms with E-state index in [0.29, 0.717) is 12.0 Å². The number of hydrazine groups is 1. The first-order valence-corrected chi connectivity index (χ1v) is 6.94. The van der Waals surface area contributed by atoms with Gasteiger partial charge in [-0.3, -0.25) is 11.3 Å². The lowest BCUT2D eigenvalue weighted by molar-refractivity contribution is 0.528. The number of hydrogen-bond acceptors (Lipinski definition) is 3. The SMILES string of the molecule is CCc1ccc(C(Cc2cc(F)ccc2F)NN)s1. The normalized spacial score (nSPS) is 12.6. The topological polar surface area (TPSA) is 38.0 Å². The van der Waals surface area contributed by atoms with Crippen LogP contribution in [-0.2, 0) is 12.8 Å². The summed E-state index contributed by atoms with van der Waals surface area (Å²) in [7, 11) is 0. The molecule has 1 aromatic heterocycles. The average Bonchev–Trinajstić information content (AvgIpc) is 2.88. The highest BCUT2D eigenvalue weighted by Crippen LogP contribution is 2.27. The Kier molecular flexibility index (Phi) is 4.63. The fourth-order valence-corrected chi connectivity index (χ4v) is 2.95. The minimum atomic E-state index is -0.437. The van der Waals surface area contributed by atoms with E-state index in [1.54, 1.807) is 11.3 Å². The summed E-state index contributed by atoms with van der Waals surface area (Å²) < 4.78 is 26.8. The first-order chi connectivity index (χ1) is 9.13. The van der Waals surface area contributed by atoms with Crippen molar-refractivity contribution in [3.05, 3.63) is 57.3 Å². The summed E-state index contributed by atoms with van der Waals surface area (Å²) in [5, 5.41) is 0. The van der Waals surface area contributed by atoms with Crippen molar-refractivity contribution in [3.8, 4) is 0 Å². The largest absolute Gasteiger partial charge is 0.271 e. The maximum atomic E-state index is 13.6. The number of hydrogen-bond donors (Lipinski definition) is 2. The second kappa shape index (κ2) is 6.23. The Labute approximate surface area is 115 Å². The summed E-state index contributed by atoms with van der Waals surface area (Å²) in [6, 6.07) is 7.28. The summed E-state index contributed by atoms with van der Waals surface area (Å²) in [5.41, 5.74) is 3.00. The third-order valence-electron chi connectivity index (χ3n) is 3.01. The minimum Gasteiger partial charge on any atom is -0.271 e. The van der Waals surface area contributed by atoms with E-state index < -0.39 is 11.6 Å². The first-order valence-electron chi connectivity index (χ1n) is 6.12. The molecule has 0 saturated carbocycles. The quantitative estimate of drug-likeness (QED) is 0.652. The molecule has 0 saturated heterocycles. The van der Waals surface area contributed by atoms with E-state index in [4.69, 9.17) is 5.84 Å². The summed E-state index contributed by atoms with van der Waals surface area (Å²) >= 11 is 1.64. The van der Waals surface area contributed by atoms with Gasteiger partial charge >= 0.3 is 0 Å². The van der Waals surface area contributed by atoms with Crippen LogP contribution in [-0.4, -0.2) is 0 Å². The first kappa shape index (κ1) is 14.1. The van der Waals surface area contributed by atoms with E-state index in [-0.39, 0.29) is 6.04 Å². The number of benzene rings is 1. The van der Waals surface area contributed by atoms with E-state index in [1.807, 2.05) is 12.1 Å². The molecule has 2 rings (SSSR count). The molecule has 0 radical (unpaired) electrons. The Morgan fingerprint density at radius 1 is 1.26 bits per heavy atom. The second-order valence-corrected chi connectivity index (χ2v) is 5.52. The monoisotopic (exact) mass is 282 g/mol. The van der Waals surface area contributed by atoms with Crippen LogP contribution in [0.15, 0.2) is 30.3 Å². The molecule has 19 heavy (non-hydrogen) atoms. The Balaban J connectivity index is 2.21. The van der Waals surface area contributed by atoms with Gasteiger partial charge in [-0.2, -0.15) is 0 Å². The van der Waals surface area contributed by atoms with Crippen LogP contribution in [0.2, 0.25) is 0 Å². The van der Waals surface area contributed by atoms with Crippen LogP contribution in [0.25, 0.3) is 0 Å². The molecule has 0 aliphatic rings. The zero-order chi connectivity index (χ0) is 13.8. The zero-order valence-corrected chi connectivity index (χ0v) is 11.4. The van der Waals surface area contributed by atoms with E-state index in [0.717, 1.165) is 23.4 Å². The zero-order valence-electron chi connectivity index (χ0n) is 10.6.